The topological polar surface area (TPSA) is 85.7 Å². The third-order valence-corrected chi connectivity index (χ3v) is 5.01. The van der Waals surface area contributed by atoms with Gasteiger partial charge in [-0.2, -0.15) is 0 Å². The van der Waals surface area contributed by atoms with Crippen molar-refractivity contribution < 1.29 is 19.1 Å². The molecule has 3 aromatic rings. The van der Waals surface area contributed by atoms with E-state index in [1.54, 1.807) is 49.8 Å². The summed E-state index contributed by atoms with van der Waals surface area (Å²) >= 11 is 0. The molecule has 8 heteroatoms. The molecule has 0 saturated carbocycles. The lowest BCUT2D eigenvalue weighted by Gasteiger charge is -2.29. The highest BCUT2D eigenvalue weighted by atomic mass is 16.5. The zero-order chi connectivity index (χ0) is 21.1. The molecule has 0 unspecified atom stereocenters. The number of imidazole rings is 1. The van der Waals surface area contributed by atoms with Gasteiger partial charge in [-0.3, -0.25) is 14.5 Å². The Morgan fingerprint density at radius 1 is 1.17 bits per heavy atom. The molecule has 1 aromatic heterocycles. The maximum absolute atomic E-state index is 13.0. The van der Waals surface area contributed by atoms with Crippen LogP contribution in [-0.4, -0.2) is 41.6 Å². The van der Waals surface area contributed by atoms with Crippen molar-refractivity contribution in [2.75, 3.05) is 25.2 Å². The van der Waals surface area contributed by atoms with Crippen LogP contribution < -0.4 is 19.7 Å². The second-order valence-corrected chi connectivity index (χ2v) is 6.85. The normalized spacial score (nSPS) is 13.7. The van der Waals surface area contributed by atoms with Crippen LogP contribution in [0.5, 0.6) is 11.5 Å². The molecule has 0 saturated heterocycles. The third-order valence-electron chi connectivity index (χ3n) is 5.01. The van der Waals surface area contributed by atoms with Gasteiger partial charge in [0.2, 0.25) is 0 Å². The van der Waals surface area contributed by atoms with Crippen LogP contribution in [0.25, 0.3) is 0 Å². The van der Waals surface area contributed by atoms with Crippen LogP contribution >= 0.6 is 0 Å². The van der Waals surface area contributed by atoms with Gasteiger partial charge in [0.1, 0.15) is 30.0 Å². The number of nitrogens with zero attached hydrogens (tertiary/aromatic N) is 3. The number of benzene rings is 2. The minimum absolute atomic E-state index is 0.304. The first-order valence-electron chi connectivity index (χ1n) is 9.54. The molecular formula is C22H22N4O4. The van der Waals surface area contributed by atoms with Crippen molar-refractivity contribution in [3.63, 3.8) is 0 Å². The van der Waals surface area contributed by atoms with Crippen molar-refractivity contribution in [3.05, 3.63) is 72.3 Å². The first kappa shape index (κ1) is 19.5. The molecule has 2 heterocycles. The summed E-state index contributed by atoms with van der Waals surface area (Å²) in [6.45, 7) is 0.635. The quantitative estimate of drug-likeness (QED) is 0.671. The Morgan fingerprint density at radius 3 is 2.63 bits per heavy atom. The molecule has 1 aliphatic heterocycles. The molecule has 0 fully saturated rings. The monoisotopic (exact) mass is 406 g/mol. The van der Waals surface area contributed by atoms with Gasteiger partial charge >= 0.3 is 11.8 Å². The molecule has 0 spiro atoms. The largest absolute Gasteiger partial charge is 0.497 e. The number of ether oxygens (including phenoxy) is 2. The molecular weight excluding hydrogens is 384 g/mol. The second kappa shape index (κ2) is 8.28. The fraction of sp³-hybridized carbons (Fsp3) is 0.227. The summed E-state index contributed by atoms with van der Waals surface area (Å²) in [5.41, 5.74) is 1.37. The summed E-state index contributed by atoms with van der Waals surface area (Å²) in [5, 5.41) is 2.85. The second-order valence-electron chi connectivity index (χ2n) is 6.85. The number of aryl methyl sites for hydroxylation is 1. The lowest BCUT2D eigenvalue weighted by Crippen LogP contribution is -2.47. The van der Waals surface area contributed by atoms with Crippen molar-refractivity contribution in [2.24, 2.45) is 7.05 Å². The van der Waals surface area contributed by atoms with Crippen molar-refractivity contribution in [1.82, 2.24) is 14.9 Å². The van der Waals surface area contributed by atoms with E-state index < -0.39 is 17.9 Å². The fourth-order valence-electron chi connectivity index (χ4n) is 3.44. The molecule has 8 nitrogen and oxygen atoms in total. The molecule has 30 heavy (non-hydrogen) atoms. The lowest BCUT2D eigenvalue weighted by atomic mass is 10.1. The average molecular weight is 406 g/mol. The first-order chi connectivity index (χ1) is 14.6. The average Bonchev–Trinajstić information content (AvgIpc) is 3.22. The minimum Gasteiger partial charge on any atom is -0.497 e. The van der Waals surface area contributed by atoms with E-state index in [9.17, 15) is 9.59 Å². The summed E-state index contributed by atoms with van der Waals surface area (Å²) in [6.07, 6.45) is 3.44. The van der Waals surface area contributed by atoms with Crippen molar-refractivity contribution in [1.29, 1.82) is 0 Å². The molecule has 1 aliphatic rings. The number of nitrogens with one attached hydrogen (secondary N) is 1. The smallest absolute Gasteiger partial charge is 0.316 e. The number of aromatic nitrogens is 2. The van der Waals surface area contributed by atoms with Gasteiger partial charge in [-0.15, -0.1) is 0 Å². The van der Waals surface area contributed by atoms with Gasteiger partial charge < -0.3 is 19.4 Å². The highest BCUT2D eigenvalue weighted by molar-refractivity contribution is 6.40. The minimum atomic E-state index is -0.712. The van der Waals surface area contributed by atoms with Gasteiger partial charge in [0.05, 0.1) is 19.3 Å². The lowest BCUT2D eigenvalue weighted by molar-refractivity contribution is -0.138. The van der Waals surface area contributed by atoms with E-state index in [0.717, 1.165) is 5.56 Å². The number of amides is 2. The van der Waals surface area contributed by atoms with E-state index in [1.165, 1.54) is 4.90 Å². The molecule has 2 amide bonds. The number of hydrogen-bond donors (Lipinski definition) is 1. The number of rotatable bonds is 4. The summed E-state index contributed by atoms with van der Waals surface area (Å²) < 4.78 is 12.6. The van der Waals surface area contributed by atoms with Crippen LogP contribution in [0.3, 0.4) is 0 Å². The number of carbonyl (C=O) groups excluding carboxylic acids is 2. The Balaban J connectivity index is 1.61. The van der Waals surface area contributed by atoms with Crippen molar-refractivity contribution in [2.45, 2.75) is 6.04 Å². The van der Waals surface area contributed by atoms with Crippen LogP contribution in [0.4, 0.5) is 5.69 Å². The zero-order valence-electron chi connectivity index (χ0n) is 16.7. The Labute approximate surface area is 174 Å². The maximum atomic E-state index is 13.0. The maximum Gasteiger partial charge on any atom is 0.316 e. The number of para-hydroxylation sites is 2. The first-order valence-corrected chi connectivity index (χ1v) is 9.54. The summed E-state index contributed by atoms with van der Waals surface area (Å²) in [7, 11) is 3.43. The van der Waals surface area contributed by atoms with Crippen molar-refractivity contribution in [3.8, 4) is 11.5 Å². The van der Waals surface area contributed by atoms with Gasteiger partial charge in [-0.05, 0) is 29.8 Å². The SMILES string of the molecule is COc1ccc([C@H](NC(=O)C(=O)N2CCOc3ccccc32)c2nccn2C)cc1. The zero-order valence-corrected chi connectivity index (χ0v) is 16.7. The van der Waals surface area contributed by atoms with Crippen molar-refractivity contribution >= 4 is 17.5 Å². The highest BCUT2D eigenvalue weighted by Gasteiger charge is 2.31. The third kappa shape index (κ3) is 3.71. The van der Waals surface area contributed by atoms with Crippen LogP contribution in [0.15, 0.2) is 60.9 Å². The van der Waals surface area contributed by atoms with E-state index in [1.807, 2.05) is 29.8 Å². The van der Waals surface area contributed by atoms with Gasteiger partial charge in [0.15, 0.2) is 0 Å². The Bertz CT molecular complexity index is 1060. The standard InChI is InChI=1S/C22H22N4O4/c1-25-12-11-23-20(25)19(15-7-9-16(29-2)10-8-15)24-21(27)22(28)26-13-14-30-18-6-4-3-5-17(18)26/h3-12,19H,13-14H2,1-2H3,(H,24,27)/t19-/m0/s1. The number of carbonyl (C=O) groups is 2. The summed E-state index contributed by atoms with van der Waals surface area (Å²) in [4.78, 5) is 31.8. The molecule has 1 N–H and O–H groups in total. The van der Waals surface area contributed by atoms with Gasteiger partial charge in [0, 0.05) is 19.4 Å². The highest BCUT2D eigenvalue weighted by Crippen LogP contribution is 2.31. The van der Waals surface area contributed by atoms with Gasteiger partial charge in [-0.25, -0.2) is 4.98 Å². The Kier molecular flexibility index (Phi) is 5.38. The van der Waals surface area contributed by atoms with Crippen LogP contribution in [0, 0.1) is 0 Å². The predicted molar refractivity (Wildman–Crippen MR) is 110 cm³/mol. The Morgan fingerprint density at radius 2 is 1.93 bits per heavy atom. The van der Waals surface area contributed by atoms with E-state index in [0.29, 0.717) is 36.2 Å². The molecule has 0 radical (unpaired) electrons. The number of fused-ring (bicyclic) bond motifs is 1. The number of methoxy groups -OCH3 is 1. The van der Waals surface area contributed by atoms with E-state index in [2.05, 4.69) is 10.3 Å². The van der Waals surface area contributed by atoms with Gasteiger partial charge in [0.25, 0.3) is 0 Å². The Hall–Kier alpha value is -3.81. The van der Waals surface area contributed by atoms with E-state index in [-0.39, 0.29) is 0 Å². The number of hydrogen-bond acceptors (Lipinski definition) is 5. The molecule has 1 atom stereocenters. The van der Waals surface area contributed by atoms with Crippen LogP contribution in [-0.2, 0) is 16.6 Å². The van der Waals surface area contributed by atoms with E-state index in [4.69, 9.17) is 9.47 Å². The van der Waals surface area contributed by atoms with Crippen LogP contribution in [0.1, 0.15) is 17.4 Å². The molecule has 0 bridgehead atoms. The molecule has 0 aliphatic carbocycles. The number of anilines is 1. The molecule has 2 aromatic carbocycles. The van der Waals surface area contributed by atoms with Gasteiger partial charge in [-0.1, -0.05) is 24.3 Å². The van der Waals surface area contributed by atoms with E-state index >= 15 is 0 Å². The molecule has 154 valence electrons. The summed E-state index contributed by atoms with van der Waals surface area (Å²) in [5.74, 6) is 0.544. The predicted octanol–water partition coefficient (Wildman–Crippen LogP) is 2.06. The fourth-order valence-corrected chi connectivity index (χ4v) is 3.44. The summed E-state index contributed by atoms with van der Waals surface area (Å²) in [6, 6.07) is 13.9. The van der Waals surface area contributed by atoms with Crippen LogP contribution in [0.2, 0.25) is 0 Å². The molecule has 4 rings (SSSR count).